The lowest BCUT2D eigenvalue weighted by atomic mass is 10.2. The number of amides is 1. The van der Waals surface area contributed by atoms with Gasteiger partial charge in [-0.15, -0.1) is 0 Å². The molecule has 0 aliphatic rings. The van der Waals surface area contributed by atoms with Crippen LogP contribution in [0.2, 0.25) is 0 Å². The van der Waals surface area contributed by atoms with E-state index in [9.17, 15) is 18.4 Å². The fraction of sp³-hybridized carbons (Fsp3) is 0.526. The molecule has 28 heavy (non-hydrogen) atoms. The highest BCUT2D eigenvalue weighted by molar-refractivity contribution is 5.81. The molecule has 0 aliphatic heterocycles. The average Bonchev–Trinajstić information content (AvgIpc) is 2.68. The largest absolute Gasteiger partial charge is 0.493 e. The van der Waals surface area contributed by atoms with Crippen molar-refractivity contribution in [1.29, 1.82) is 0 Å². The van der Waals surface area contributed by atoms with Crippen LogP contribution in [-0.4, -0.2) is 54.1 Å². The lowest BCUT2D eigenvalue weighted by molar-refractivity contribution is -0.133. The number of methoxy groups -OCH3 is 2. The second-order valence-corrected chi connectivity index (χ2v) is 6.30. The van der Waals surface area contributed by atoms with Crippen LogP contribution in [0.3, 0.4) is 0 Å². The van der Waals surface area contributed by atoms with Gasteiger partial charge in [0.25, 0.3) is 12.0 Å². The van der Waals surface area contributed by atoms with Gasteiger partial charge in [-0.3, -0.25) is 14.2 Å². The predicted octanol–water partition coefficient (Wildman–Crippen LogP) is 2.70. The van der Waals surface area contributed by atoms with Gasteiger partial charge in [-0.05, 0) is 18.9 Å². The number of nitrogens with zero attached hydrogens (tertiary/aromatic N) is 3. The zero-order chi connectivity index (χ0) is 20.7. The van der Waals surface area contributed by atoms with Gasteiger partial charge in [0.15, 0.2) is 11.5 Å². The summed E-state index contributed by atoms with van der Waals surface area (Å²) in [5, 5.41) is 0.372. The van der Waals surface area contributed by atoms with E-state index in [0.717, 1.165) is 0 Å². The molecule has 0 fully saturated rings. The molecule has 154 valence electrons. The van der Waals surface area contributed by atoms with Gasteiger partial charge < -0.3 is 14.4 Å². The second kappa shape index (κ2) is 10.0. The standard InChI is InChI=1S/C19H25F2N3O4/c1-4-7-23(11-17(20)21)18(25)6-5-8-24-12-22-14-10-16(28-3)15(27-2)9-13(14)19(24)26/h9-10,12,17H,4-8,11H2,1-3H3. The van der Waals surface area contributed by atoms with Crippen LogP contribution in [0.4, 0.5) is 8.78 Å². The summed E-state index contributed by atoms with van der Waals surface area (Å²) in [6.45, 7) is 1.82. The number of halogens is 2. The Kier molecular flexibility index (Phi) is 7.71. The molecule has 0 N–H and O–H groups in total. The maximum absolute atomic E-state index is 12.7. The summed E-state index contributed by atoms with van der Waals surface area (Å²) in [5.74, 6) is 0.555. The third-order valence-electron chi connectivity index (χ3n) is 4.32. The van der Waals surface area contributed by atoms with E-state index in [1.807, 2.05) is 6.92 Å². The van der Waals surface area contributed by atoms with Crippen molar-refractivity contribution in [2.24, 2.45) is 0 Å². The fourth-order valence-corrected chi connectivity index (χ4v) is 2.96. The molecule has 9 heteroatoms. The first-order chi connectivity index (χ1) is 13.4. The van der Waals surface area contributed by atoms with E-state index < -0.39 is 13.0 Å². The normalized spacial score (nSPS) is 11.1. The van der Waals surface area contributed by atoms with Crippen LogP contribution in [0.5, 0.6) is 11.5 Å². The molecule has 0 unspecified atom stereocenters. The number of alkyl halides is 2. The molecule has 0 saturated heterocycles. The smallest absolute Gasteiger partial charge is 0.261 e. The lowest BCUT2D eigenvalue weighted by Crippen LogP contribution is -2.35. The fourth-order valence-electron chi connectivity index (χ4n) is 2.96. The molecular formula is C19H25F2N3O4. The number of aromatic nitrogens is 2. The third kappa shape index (κ3) is 5.17. The SMILES string of the molecule is CCCN(CC(F)F)C(=O)CCCn1cnc2cc(OC)c(OC)cc2c1=O. The van der Waals surface area contributed by atoms with Gasteiger partial charge >= 0.3 is 0 Å². The molecule has 2 aromatic rings. The Hall–Kier alpha value is -2.71. The minimum absolute atomic E-state index is 0.0864. The molecule has 0 atom stereocenters. The summed E-state index contributed by atoms with van der Waals surface area (Å²) >= 11 is 0. The highest BCUT2D eigenvalue weighted by atomic mass is 19.3. The molecule has 0 spiro atoms. The van der Waals surface area contributed by atoms with Crippen molar-refractivity contribution in [2.45, 2.75) is 39.2 Å². The molecule has 1 amide bonds. The number of hydrogen-bond acceptors (Lipinski definition) is 5. The highest BCUT2D eigenvalue weighted by Gasteiger charge is 2.17. The van der Waals surface area contributed by atoms with Crippen molar-refractivity contribution in [3.8, 4) is 11.5 Å². The number of rotatable bonds is 10. The van der Waals surface area contributed by atoms with Crippen LogP contribution in [0, 0.1) is 0 Å². The van der Waals surface area contributed by atoms with Gasteiger partial charge in [-0.2, -0.15) is 0 Å². The molecule has 0 bridgehead atoms. The number of fused-ring (bicyclic) bond motifs is 1. The molecule has 1 aromatic heterocycles. The first-order valence-electron chi connectivity index (χ1n) is 9.08. The van der Waals surface area contributed by atoms with Crippen molar-refractivity contribution in [2.75, 3.05) is 27.3 Å². The molecule has 0 radical (unpaired) electrons. The zero-order valence-corrected chi connectivity index (χ0v) is 16.3. The Morgan fingerprint density at radius 2 is 1.93 bits per heavy atom. The number of aryl methyl sites for hydroxylation is 1. The Morgan fingerprint density at radius 1 is 1.25 bits per heavy atom. The van der Waals surface area contributed by atoms with Gasteiger partial charge in [-0.25, -0.2) is 13.8 Å². The number of ether oxygens (including phenoxy) is 2. The summed E-state index contributed by atoms with van der Waals surface area (Å²) in [5.41, 5.74) is 0.206. The van der Waals surface area contributed by atoms with Gasteiger partial charge in [0.2, 0.25) is 5.91 Å². The summed E-state index contributed by atoms with van der Waals surface area (Å²) < 4.78 is 37.0. The minimum Gasteiger partial charge on any atom is -0.493 e. The maximum atomic E-state index is 12.7. The Morgan fingerprint density at radius 3 is 2.54 bits per heavy atom. The van der Waals surface area contributed by atoms with Crippen LogP contribution in [0.15, 0.2) is 23.3 Å². The molecular weight excluding hydrogens is 372 g/mol. The van der Waals surface area contributed by atoms with Crippen molar-refractivity contribution < 1.29 is 23.0 Å². The van der Waals surface area contributed by atoms with E-state index in [1.165, 1.54) is 30.0 Å². The molecule has 7 nitrogen and oxygen atoms in total. The lowest BCUT2D eigenvalue weighted by Gasteiger charge is -2.21. The summed E-state index contributed by atoms with van der Waals surface area (Å²) in [6, 6.07) is 3.19. The first-order valence-corrected chi connectivity index (χ1v) is 9.08. The molecule has 2 rings (SSSR count). The van der Waals surface area contributed by atoms with Crippen LogP contribution in [0.1, 0.15) is 26.2 Å². The van der Waals surface area contributed by atoms with Crippen LogP contribution < -0.4 is 15.0 Å². The van der Waals surface area contributed by atoms with E-state index in [2.05, 4.69) is 4.98 Å². The number of hydrogen-bond donors (Lipinski definition) is 0. The molecule has 1 heterocycles. The van der Waals surface area contributed by atoms with E-state index >= 15 is 0 Å². The minimum atomic E-state index is -2.56. The van der Waals surface area contributed by atoms with E-state index in [1.54, 1.807) is 12.1 Å². The molecule has 0 aliphatic carbocycles. The average molecular weight is 397 g/mol. The second-order valence-electron chi connectivity index (χ2n) is 6.30. The van der Waals surface area contributed by atoms with Crippen molar-refractivity contribution in [3.63, 3.8) is 0 Å². The summed E-state index contributed by atoms with van der Waals surface area (Å²) in [6.07, 6.45) is -0.108. The number of carbonyl (C=O) groups excluding carboxylic acids is 1. The Balaban J connectivity index is 2.11. The van der Waals surface area contributed by atoms with Crippen molar-refractivity contribution in [3.05, 3.63) is 28.8 Å². The highest BCUT2D eigenvalue weighted by Crippen LogP contribution is 2.29. The Labute approximate surface area is 161 Å². The van der Waals surface area contributed by atoms with Gasteiger partial charge in [0, 0.05) is 25.6 Å². The molecule has 1 aromatic carbocycles. The number of carbonyl (C=O) groups is 1. The summed E-state index contributed by atoms with van der Waals surface area (Å²) in [7, 11) is 2.98. The zero-order valence-electron chi connectivity index (χ0n) is 16.3. The maximum Gasteiger partial charge on any atom is 0.261 e. The summed E-state index contributed by atoms with van der Waals surface area (Å²) in [4.78, 5) is 30.3. The third-order valence-corrected chi connectivity index (χ3v) is 4.32. The van der Waals surface area contributed by atoms with Crippen molar-refractivity contribution >= 4 is 16.8 Å². The van der Waals surface area contributed by atoms with Gasteiger partial charge in [-0.1, -0.05) is 6.92 Å². The quantitative estimate of drug-likeness (QED) is 0.616. The van der Waals surface area contributed by atoms with Crippen LogP contribution in [-0.2, 0) is 11.3 Å². The van der Waals surface area contributed by atoms with Gasteiger partial charge in [0.1, 0.15) is 0 Å². The Bertz CT molecular complexity index is 870. The van der Waals surface area contributed by atoms with E-state index in [4.69, 9.17) is 9.47 Å². The van der Waals surface area contributed by atoms with Crippen LogP contribution in [0.25, 0.3) is 10.9 Å². The first kappa shape index (κ1) is 21.6. The van der Waals surface area contributed by atoms with Gasteiger partial charge in [0.05, 0.1) is 38.0 Å². The molecule has 0 saturated carbocycles. The van der Waals surface area contributed by atoms with E-state index in [-0.39, 0.29) is 24.4 Å². The monoisotopic (exact) mass is 397 g/mol. The van der Waals surface area contributed by atoms with Crippen LogP contribution >= 0.6 is 0 Å². The topological polar surface area (TPSA) is 73.7 Å². The number of benzene rings is 1. The van der Waals surface area contributed by atoms with E-state index in [0.29, 0.717) is 41.8 Å². The van der Waals surface area contributed by atoms with Crippen molar-refractivity contribution in [1.82, 2.24) is 14.5 Å². The predicted molar refractivity (Wildman–Crippen MR) is 101 cm³/mol.